The van der Waals surface area contributed by atoms with Crippen LogP contribution in [0.15, 0.2) is 66.0 Å². The summed E-state index contributed by atoms with van der Waals surface area (Å²) in [5, 5.41) is 4.63. The molecule has 0 atom stereocenters. The van der Waals surface area contributed by atoms with E-state index in [0.717, 1.165) is 11.1 Å². The molecule has 0 unspecified atom stereocenters. The number of carbonyl (C=O) groups excluding carboxylic acids is 2. The van der Waals surface area contributed by atoms with Gasteiger partial charge in [-0.3, -0.25) is 4.79 Å². The number of hydrogen-bond donors (Lipinski definition) is 1. The van der Waals surface area contributed by atoms with Crippen LogP contribution in [0.25, 0.3) is 0 Å². The number of carbonyl (C=O) groups is 2. The summed E-state index contributed by atoms with van der Waals surface area (Å²) in [4.78, 5) is 24.9. The Hall–Kier alpha value is -2.92. The topological polar surface area (TPSA) is 55.4 Å². The van der Waals surface area contributed by atoms with E-state index in [1.165, 1.54) is 11.3 Å². The van der Waals surface area contributed by atoms with Crippen molar-refractivity contribution in [2.45, 2.75) is 13.5 Å². The number of esters is 1. The summed E-state index contributed by atoms with van der Waals surface area (Å²) < 4.78 is 5.35. The first-order valence-corrected chi connectivity index (χ1v) is 8.67. The molecule has 1 amide bonds. The predicted octanol–water partition coefficient (Wildman–Crippen LogP) is 4.67. The van der Waals surface area contributed by atoms with E-state index in [-0.39, 0.29) is 12.5 Å². The molecule has 0 radical (unpaired) electrons. The highest BCUT2D eigenvalue weighted by Crippen LogP contribution is 2.16. The third-order valence-corrected chi connectivity index (χ3v) is 4.42. The van der Waals surface area contributed by atoms with E-state index in [1.807, 2.05) is 42.6 Å². The number of amides is 1. The highest BCUT2D eigenvalue weighted by atomic mass is 32.1. The average Bonchev–Trinajstić information content (AvgIpc) is 3.15. The predicted molar refractivity (Wildman–Crippen MR) is 99.0 cm³/mol. The standard InChI is InChI=1S/C20H17NO3S/c1-14-5-2-6-15(11-14)13-24-20(23)16-7-3-8-17(12-16)21-19(22)18-9-4-10-25-18/h2-12H,13H2,1H3,(H,21,22). The van der Waals surface area contributed by atoms with Crippen LogP contribution in [0.4, 0.5) is 5.69 Å². The first kappa shape index (κ1) is 16.9. The van der Waals surface area contributed by atoms with Crippen LogP contribution in [-0.2, 0) is 11.3 Å². The summed E-state index contributed by atoms with van der Waals surface area (Å²) >= 11 is 1.36. The molecule has 0 aliphatic carbocycles. The van der Waals surface area contributed by atoms with Gasteiger partial charge in [0.05, 0.1) is 10.4 Å². The molecule has 3 rings (SSSR count). The van der Waals surface area contributed by atoms with Crippen LogP contribution in [0, 0.1) is 6.92 Å². The van der Waals surface area contributed by atoms with Crippen LogP contribution >= 0.6 is 11.3 Å². The van der Waals surface area contributed by atoms with Crippen LogP contribution in [0.1, 0.15) is 31.2 Å². The molecule has 0 spiro atoms. The van der Waals surface area contributed by atoms with Crippen molar-refractivity contribution in [3.8, 4) is 0 Å². The molecule has 0 aliphatic heterocycles. The number of anilines is 1. The van der Waals surface area contributed by atoms with Gasteiger partial charge in [-0.1, -0.05) is 42.0 Å². The van der Waals surface area contributed by atoms with Gasteiger partial charge in [-0.15, -0.1) is 11.3 Å². The Morgan fingerprint density at radius 2 is 1.88 bits per heavy atom. The molecule has 1 aromatic heterocycles. The molecule has 126 valence electrons. The largest absolute Gasteiger partial charge is 0.457 e. The minimum absolute atomic E-state index is 0.194. The average molecular weight is 351 g/mol. The van der Waals surface area contributed by atoms with Crippen LogP contribution in [0.2, 0.25) is 0 Å². The second kappa shape index (κ2) is 7.77. The van der Waals surface area contributed by atoms with E-state index >= 15 is 0 Å². The summed E-state index contributed by atoms with van der Waals surface area (Å²) in [6.45, 7) is 2.21. The third kappa shape index (κ3) is 4.55. The van der Waals surface area contributed by atoms with Crippen molar-refractivity contribution in [1.29, 1.82) is 0 Å². The van der Waals surface area contributed by atoms with Crippen LogP contribution < -0.4 is 5.32 Å². The Balaban J connectivity index is 1.64. The quantitative estimate of drug-likeness (QED) is 0.680. The Kier molecular flexibility index (Phi) is 5.26. The van der Waals surface area contributed by atoms with Gasteiger partial charge in [-0.05, 0) is 42.1 Å². The molecule has 0 saturated carbocycles. The van der Waals surface area contributed by atoms with Crippen molar-refractivity contribution in [3.63, 3.8) is 0 Å². The second-order valence-corrected chi connectivity index (χ2v) is 6.53. The highest BCUT2D eigenvalue weighted by molar-refractivity contribution is 7.12. The molecule has 3 aromatic rings. The maximum absolute atomic E-state index is 12.2. The minimum atomic E-state index is -0.422. The van der Waals surface area contributed by atoms with Crippen molar-refractivity contribution in [2.75, 3.05) is 5.32 Å². The van der Waals surface area contributed by atoms with Gasteiger partial charge in [-0.2, -0.15) is 0 Å². The summed E-state index contributed by atoms with van der Waals surface area (Å²) in [7, 11) is 0. The summed E-state index contributed by atoms with van der Waals surface area (Å²) in [5.74, 6) is -0.617. The lowest BCUT2D eigenvalue weighted by Crippen LogP contribution is -2.11. The van der Waals surface area contributed by atoms with Gasteiger partial charge >= 0.3 is 5.97 Å². The molecule has 2 aromatic carbocycles. The van der Waals surface area contributed by atoms with E-state index in [4.69, 9.17) is 4.74 Å². The van der Waals surface area contributed by atoms with Gasteiger partial charge < -0.3 is 10.1 Å². The number of nitrogens with one attached hydrogen (secondary N) is 1. The molecule has 0 bridgehead atoms. The first-order chi connectivity index (χ1) is 12.1. The SMILES string of the molecule is Cc1cccc(COC(=O)c2cccc(NC(=O)c3cccs3)c2)c1. The summed E-state index contributed by atoms with van der Waals surface area (Å²) in [6, 6.07) is 18.1. The van der Waals surface area contributed by atoms with Crippen molar-refractivity contribution in [2.24, 2.45) is 0 Å². The van der Waals surface area contributed by atoms with E-state index in [0.29, 0.717) is 16.1 Å². The maximum atomic E-state index is 12.2. The molecule has 0 saturated heterocycles. The van der Waals surface area contributed by atoms with Crippen molar-refractivity contribution >= 4 is 28.9 Å². The molecule has 0 fully saturated rings. The van der Waals surface area contributed by atoms with Gasteiger partial charge in [0.15, 0.2) is 0 Å². The summed E-state index contributed by atoms with van der Waals surface area (Å²) in [6.07, 6.45) is 0. The van der Waals surface area contributed by atoms with Gasteiger partial charge in [0, 0.05) is 5.69 Å². The van der Waals surface area contributed by atoms with E-state index in [2.05, 4.69) is 5.32 Å². The lowest BCUT2D eigenvalue weighted by atomic mass is 10.1. The molecule has 25 heavy (non-hydrogen) atoms. The number of ether oxygens (including phenoxy) is 1. The monoisotopic (exact) mass is 351 g/mol. The van der Waals surface area contributed by atoms with Crippen molar-refractivity contribution in [1.82, 2.24) is 0 Å². The zero-order chi connectivity index (χ0) is 17.6. The van der Waals surface area contributed by atoms with Crippen molar-refractivity contribution in [3.05, 3.63) is 87.6 Å². The zero-order valence-corrected chi connectivity index (χ0v) is 14.5. The molecular formula is C20H17NO3S. The van der Waals surface area contributed by atoms with E-state index in [9.17, 15) is 9.59 Å². The van der Waals surface area contributed by atoms with E-state index < -0.39 is 5.97 Å². The zero-order valence-electron chi connectivity index (χ0n) is 13.7. The van der Waals surface area contributed by atoms with Crippen LogP contribution in [0.3, 0.4) is 0 Å². The van der Waals surface area contributed by atoms with Gasteiger partial charge in [0.2, 0.25) is 0 Å². The Morgan fingerprint density at radius 1 is 1.04 bits per heavy atom. The number of hydrogen-bond acceptors (Lipinski definition) is 4. The van der Waals surface area contributed by atoms with Crippen LogP contribution in [0.5, 0.6) is 0 Å². The maximum Gasteiger partial charge on any atom is 0.338 e. The fraction of sp³-hybridized carbons (Fsp3) is 0.100. The minimum Gasteiger partial charge on any atom is -0.457 e. The summed E-state index contributed by atoms with van der Waals surface area (Å²) in [5.41, 5.74) is 3.02. The van der Waals surface area contributed by atoms with E-state index in [1.54, 1.807) is 30.3 Å². The third-order valence-electron chi connectivity index (χ3n) is 3.55. The fourth-order valence-corrected chi connectivity index (χ4v) is 2.98. The Morgan fingerprint density at radius 3 is 2.64 bits per heavy atom. The molecule has 4 nitrogen and oxygen atoms in total. The Bertz CT molecular complexity index is 887. The first-order valence-electron chi connectivity index (χ1n) is 7.79. The number of thiophene rings is 1. The molecule has 1 N–H and O–H groups in total. The van der Waals surface area contributed by atoms with Gasteiger partial charge in [-0.25, -0.2) is 4.79 Å². The number of benzene rings is 2. The smallest absolute Gasteiger partial charge is 0.338 e. The fourth-order valence-electron chi connectivity index (χ4n) is 2.36. The lowest BCUT2D eigenvalue weighted by Gasteiger charge is -2.08. The lowest BCUT2D eigenvalue weighted by molar-refractivity contribution is 0.0472. The van der Waals surface area contributed by atoms with Gasteiger partial charge in [0.25, 0.3) is 5.91 Å². The van der Waals surface area contributed by atoms with Gasteiger partial charge in [0.1, 0.15) is 6.61 Å². The molecule has 1 heterocycles. The normalized spacial score (nSPS) is 10.3. The molecule has 5 heteroatoms. The second-order valence-electron chi connectivity index (χ2n) is 5.58. The molecular weight excluding hydrogens is 334 g/mol. The van der Waals surface area contributed by atoms with Crippen molar-refractivity contribution < 1.29 is 14.3 Å². The van der Waals surface area contributed by atoms with Crippen LogP contribution in [-0.4, -0.2) is 11.9 Å². The number of aryl methyl sites for hydroxylation is 1. The Labute approximate surface area is 150 Å². The molecule has 0 aliphatic rings. The number of rotatable bonds is 5. The highest BCUT2D eigenvalue weighted by Gasteiger charge is 2.11.